The minimum absolute atomic E-state index is 0.0830. The predicted octanol–water partition coefficient (Wildman–Crippen LogP) is 1.12. The van der Waals surface area contributed by atoms with Crippen LogP contribution in [0.3, 0.4) is 0 Å². The summed E-state index contributed by atoms with van der Waals surface area (Å²) in [4.78, 5) is 33.1. The van der Waals surface area contributed by atoms with E-state index in [0.29, 0.717) is 5.69 Å². The highest BCUT2D eigenvalue weighted by Crippen LogP contribution is 2.17. The number of anilines is 3. The van der Waals surface area contributed by atoms with Crippen molar-refractivity contribution in [1.29, 1.82) is 0 Å². The lowest BCUT2D eigenvalue weighted by atomic mass is 10.2. The lowest BCUT2D eigenvalue weighted by molar-refractivity contribution is -0.133. The Morgan fingerprint density at radius 2 is 1.67 bits per heavy atom. The van der Waals surface area contributed by atoms with Gasteiger partial charge in [-0.25, -0.2) is 9.97 Å². The Bertz CT molecular complexity index is 643. The third-order valence-electron chi connectivity index (χ3n) is 2.62. The molecule has 0 aliphatic heterocycles. The van der Waals surface area contributed by atoms with Gasteiger partial charge in [-0.15, -0.1) is 0 Å². The highest BCUT2D eigenvalue weighted by atomic mass is 16.2. The normalized spacial score (nSPS) is 9.81. The first-order chi connectivity index (χ1) is 10.1. The molecule has 0 saturated carbocycles. The molecule has 7 nitrogen and oxygen atoms in total. The molecule has 2 rings (SSSR count). The van der Waals surface area contributed by atoms with E-state index in [9.17, 15) is 9.59 Å². The second-order valence-electron chi connectivity index (χ2n) is 4.43. The van der Waals surface area contributed by atoms with Gasteiger partial charge in [0, 0.05) is 37.9 Å². The number of hydrogen-bond donors (Lipinski definition) is 2. The highest BCUT2D eigenvalue weighted by Gasteiger charge is 2.15. The number of carbonyl (C=O) groups excluding carboxylic acids is 2. The standard InChI is InChI=1S/C14H15N5O2/c1-19(2)11-6-3-5-10(9-11)17-12(20)13(21)18-14-15-7-4-8-16-14/h3-9H,1-2H3,(H,17,20)(H,15,16,18,21). The molecule has 0 spiro atoms. The molecule has 1 heterocycles. The van der Waals surface area contributed by atoms with Crippen LogP contribution in [0.5, 0.6) is 0 Å². The Hall–Kier alpha value is -2.96. The van der Waals surface area contributed by atoms with E-state index in [-0.39, 0.29) is 5.95 Å². The number of rotatable bonds is 3. The Kier molecular flexibility index (Phi) is 4.45. The molecule has 108 valence electrons. The van der Waals surface area contributed by atoms with Crippen LogP contribution in [-0.4, -0.2) is 35.9 Å². The van der Waals surface area contributed by atoms with Crippen molar-refractivity contribution in [2.24, 2.45) is 0 Å². The van der Waals surface area contributed by atoms with Gasteiger partial charge in [-0.2, -0.15) is 0 Å². The molecular formula is C14H15N5O2. The molecule has 21 heavy (non-hydrogen) atoms. The zero-order valence-electron chi connectivity index (χ0n) is 11.7. The summed E-state index contributed by atoms with van der Waals surface area (Å²) in [6, 6.07) is 8.78. The van der Waals surface area contributed by atoms with Crippen LogP contribution in [0, 0.1) is 0 Å². The third kappa shape index (κ3) is 4.00. The van der Waals surface area contributed by atoms with Crippen molar-refractivity contribution in [2.45, 2.75) is 0 Å². The van der Waals surface area contributed by atoms with Crippen LogP contribution in [0.4, 0.5) is 17.3 Å². The van der Waals surface area contributed by atoms with Crippen molar-refractivity contribution in [3.63, 3.8) is 0 Å². The maximum Gasteiger partial charge on any atom is 0.316 e. The molecule has 0 bridgehead atoms. The van der Waals surface area contributed by atoms with Crippen LogP contribution in [0.2, 0.25) is 0 Å². The average Bonchev–Trinajstić information content (AvgIpc) is 2.48. The maximum absolute atomic E-state index is 11.8. The van der Waals surface area contributed by atoms with Crippen LogP contribution in [-0.2, 0) is 9.59 Å². The van der Waals surface area contributed by atoms with E-state index in [0.717, 1.165) is 5.69 Å². The summed E-state index contributed by atoms with van der Waals surface area (Å²) in [7, 11) is 3.78. The number of benzene rings is 1. The van der Waals surface area contributed by atoms with Crippen LogP contribution < -0.4 is 15.5 Å². The molecule has 0 radical (unpaired) electrons. The van der Waals surface area contributed by atoms with E-state index in [4.69, 9.17) is 0 Å². The summed E-state index contributed by atoms with van der Waals surface area (Å²) in [6.07, 6.45) is 2.95. The van der Waals surface area contributed by atoms with Gasteiger partial charge < -0.3 is 10.2 Å². The van der Waals surface area contributed by atoms with E-state index in [1.807, 2.05) is 25.1 Å². The second kappa shape index (κ2) is 6.47. The Balaban J connectivity index is 2.01. The fraction of sp³-hybridized carbons (Fsp3) is 0.143. The lowest BCUT2D eigenvalue weighted by Gasteiger charge is -2.13. The zero-order chi connectivity index (χ0) is 15.2. The molecule has 0 aliphatic rings. The Morgan fingerprint density at radius 1 is 1.00 bits per heavy atom. The van der Waals surface area contributed by atoms with Crippen molar-refractivity contribution >= 4 is 29.1 Å². The smallest absolute Gasteiger partial charge is 0.316 e. The van der Waals surface area contributed by atoms with Gasteiger partial charge in [-0.05, 0) is 24.3 Å². The zero-order valence-corrected chi connectivity index (χ0v) is 11.7. The van der Waals surface area contributed by atoms with Gasteiger partial charge in [0.05, 0.1) is 0 Å². The van der Waals surface area contributed by atoms with Crippen molar-refractivity contribution in [3.8, 4) is 0 Å². The summed E-state index contributed by atoms with van der Waals surface area (Å²) >= 11 is 0. The molecule has 0 saturated heterocycles. The van der Waals surface area contributed by atoms with Gasteiger partial charge >= 0.3 is 11.8 Å². The van der Waals surface area contributed by atoms with Gasteiger partial charge in [-0.1, -0.05) is 6.07 Å². The van der Waals surface area contributed by atoms with E-state index >= 15 is 0 Å². The number of aromatic nitrogens is 2. The first kappa shape index (κ1) is 14.4. The van der Waals surface area contributed by atoms with Crippen molar-refractivity contribution in [2.75, 3.05) is 29.6 Å². The molecule has 2 amide bonds. The summed E-state index contributed by atoms with van der Waals surface area (Å²) in [5.41, 5.74) is 1.45. The van der Waals surface area contributed by atoms with Gasteiger partial charge in [-0.3, -0.25) is 14.9 Å². The van der Waals surface area contributed by atoms with E-state index < -0.39 is 11.8 Å². The maximum atomic E-state index is 11.8. The molecule has 2 aromatic rings. The summed E-state index contributed by atoms with van der Waals surface area (Å²) < 4.78 is 0. The highest BCUT2D eigenvalue weighted by molar-refractivity contribution is 6.43. The summed E-state index contributed by atoms with van der Waals surface area (Å²) in [5.74, 6) is -1.52. The van der Waals surface area contributed by atoms with Crippen LogP contribution in [0.15, 0.2) is 42.7 Å². The first-order valence-corrected chi connectivity index (χ1v) is 6.23. The lowest BCUT2D eigenvalue weighted by Crippen LogP contribution is -2.29. The van der Waals surface area contributed by atoms with Crippen LogP contribution in [0.25, 0.3) is 0 Å². The Morgan fingerprint density at radius 3 is 2.33 bits per heavy atom. The van der Waals surface area contributed by atoms with Crippen molar-refractivity contribution in [1.82, 2.24) is 9.97 Å². The number of carbonyl (C=O) groups is 2. The van der Waals surface area contributed by atoms with Gasteiger partial charge in [0.25, 0.3) is 0 Å². The van der Waals surface area contributed by atoms with Crippen molar-refractivity contribution < 1.29 is 9.59 Å². The molecule has 2 N–H and O–H groups in total. The topological polar surface area (TPSA) is 87.2 Å². The second-order valence-corrected chi connectivity index (χ2v) is 4.43. The van der Waals surface area contributed by atoms with Crippen LogP contribution in [0.1, 0.15) is 0 Å². The minimum atomic E-state index is -0.823. The predicted molar refractivity (Wildman–Crippen MR) is 80.1 cm³/mol. The van der Waals surface area contributed by atoms with E-state index in [1.165, 1.54) is 12.4 Å². The molecule has 0 fully saturated rings. The molecular weight excluding hydrogens is 270 g/mol. The number of nitrogens with one attached hydrogen (secondary N) is 2. The van der Waals surface area contributed by atoms with Crippen LogP contribution >= 0.6 is 0 Å². The number of nitrogens with zero attached hydrogens (tertiary/aromatic N) is 3. The molecule has 1 aromatic heterocycles. The SMILES string of the molecule is CN(C)c1cccc(NC(=O)C(=O)Nc2ncccn2)c1. The molecule has 0 aliphatic carbocycles. The van der Waals surface area contributed by atoms with Gasteiger partial charge in [0.1, 0.15) is 0 Å². The van der Waals surface area contributed by atoms with E-state index in [2.05, 4.69) is 20.6 Å². The summed E-state index contributed by atoms with van der Waals surface area (Å²) in [5, 5.41) is 4.84. The molecule has 7 heteroatoms. The molecule has 0 unspecified atom stereocenters. The van der Waals surface area contributed by atoms with Crippen molar-refractivity contribution in [3.05, 3.63) is 42.7 Å². The molecule has 1 aromatic carbocycles. The van der Waals surface area contributed by atoms with E-state index in [1.54, 1.807) is 24.3 Å². The number of amides is 2. The van der Waals surface area contributed by atoms with Gasteiger partial charge in [0.2, 0.25) is 5.95 Å². The first-order valence-electron chi connectivity index (χ1n) is 6.23. The largest absolute Gasteiger partial charge is 0.378 e. The monoisotopic (exact) mass is 285 g/mol. The number of hydrogen-bond acceptors (Lipinski definition) is 5. The Labute approximate surface area is 122 Å². The fourth-order valence-electron chi connectivity index (χ4n) is 1.57. The third-order valence-corrected chi connectivity index (χ3v) is 2.62. The summed E-state index contributed by atoms with van der Waals surface area (Å²) in [6.45, 7) is 0. The molecule has 0 atom stereocenters. The minimum Gasteiger partial charge on any atom is -0.378 e. The average molecular weight is 285 g/mol. The quantitative estimate of drug-likeness (QED) is 0.825. The fourth-order valence-corrected chi connectivity index (χ4v) is 1.57. The van der Waals surface area contributed by atoms with Gasteiger partial charge in [0.15, 0.2) is 0 Å².